The highest BCUT2D eigenvalue weighted by Gasteiger charge is 2.32. The minimum Gasteiger partial charge on any atom is -0.494 e. The lowest BCUT2D eigenvalue weighted by Gasteiger charge is -2.34. The summed E-state index contributed by atoms with van der Waals surface area (Å²) >= 11 is 6.44. The van der Waals surface area contributed by atoms with E-state index in [4.69, 9.17) is 21.1 Å². The van der Waals surface area contributed by atoms with E-state index in [0.29, 0.717) is 28.0 Å². The van der Waals surface area contributed by atoms with E-state index in [2.05, 4.69) is 19.9 Å². The molecule has 0 saturated carbocycles. The Hall–Kier alpha value is -1.48. The second-order valence-electron chi connectivity index (χ2n) is 6.16. The molecular formula is C17H21ClO3. The van der Waals surface area contributed by atoms with Gasteiger partial charge in [-0.25, -0.2) is 0 Å². The van der Waals surface area contributed by atoms with E-state index in [9.17, 15) is 4.79 Å². The first kappa shape index (κ1) is 15.9. The molecule has 1 aliphatic rings. The average molecular weight is 309 g/mol. The van der Waals surface area contributed by atoms with Crippen molar-refractivity contribution in [2.24, 2.45) is 5.92 Å². The van der Waals surface area contributed by atoms with Crippen LogP contribution in [0, 0.1) is 5.92 Å². The second kappa shape index (κ2) is 5.38. The van der Waals surface area contributed by atoms with Gasteiger partial charge in [-0.1, -0.05) is 25.4 Å². The predicted molar refractivity (Wildman–Crippen MR) is 85.5 cm³/mol. The predicted octanol–water partition coefficient (Wildman–Crippen LogP) is 4.76. The summed E-state index contributed by atoms with van der Waals surface area (Å²) in [7, 11) is 1.51. The first-order valence-electron chi connectivity index (χ1n) is 7.01. The Kier molecular flexibility index (Phi) is 4.07. The minimum absolute atomic E-state index is 0.0792. The van der Waals surface area contributed by atoms with Gasteiger partial charge in [0.15, 0.2) is 17.3 Å². The van der Waals surface area contributed by atoms with Crippen LogP contribution in [0.25, 0.3) is 5.57 Å². The van der Waals surface area contributed by atoms with Crippen molar-refractivity contribution >= 4 is 23.0 Å². The molecule has 0 radical (unpaired) electrons. The van der Waals surface area contributed by atoms with Gasteiger partial charge < -0.3 is 9.47 Å². The second-order valence-corrected chi connectivity index (χ2v) is 6.54. The molecule has 0 N–H and O–H groups in total. The standard InChI is InChI=1S/C17H21ClO3/c1-9(2)13-8-17(4,5)21-16-12(13)7-11(10(3)19)15(20-6)14(16)18/h7-9H,1-6H3. The van der Waals surface area contributed by atoms with Crippen molar-refractivity contribution in [2.75, 3.05) is 7.11 Å². The van der Waals surface area contributed by atoms with Crippen molar-refractivity contribution < 1.29 is 14.3 Å². The van der Waals surface area contributed by atoms with Gasteiger partial charge in [-0.2, -0.15) is 0 Å². The number of ketones is 1. The van der Waals surface area contributed by atoms with Crippen molar-refractivity contribution in [1.82, 2.24) is 0 Å². The highest BCUT2D eigenvalue weighted by atomic mass is 35.5. The first-order valence-corrected chi connectivity index (χ1v) is 7.39. The Bertz CT molecular complexity index is 627. The summed E-state index contributed by atoms with van der Waals surface area (Å²) in [5, 5.41) is 0.361. The molecule has 1 aliphatic heterocycles. The molecule has 0 bridgehead atoms. The van der Waals surface area contributed by atoms with E-state index in [1.54, 1.807) is 0 Å². The topological polar surface area (TPSA) is 35.5 Å². The first-order chi connectivity index (χ1) is 9.68. The minimum atomic E-state index is -0.445. The zero-order valence-corrected chi connectivity index (χ0v) is 14.1. The van der Waals surface area contributed by atoms with Crippen molar-refractivity contribution in [3.8, 4) is 11.5 Å². The van der Waals surface area contributed by atoms with Crippen LogP contribution >= 0.6 is 11.6 Å². The Morgan fingerprint density at radius 3 is 2.48 bits per heavy atom. The number of Topliss-reactive ketones (excluding diaryl/α,β-unsaturated/α-hetero) is 1. The van der Waals surface area contributed by atoms with Crippen molar-refractivity contribution in [1.29, 1.82) is 0 Å². The summed E-state index contributed by atoms with van der Waals surface area (Å²) in [6.45, 7) is 9.71. The number of allylic oxidation sites excluding steroid dienone is 1. The van der Waals surface area contributed by atoms with Crippen molar-refractivity contribution in [2.45, 2.75) is 40.2 Å². The lowest BCUT2D eigenvalue weighted by Crippen LogP contribution is -2.30. The number of carbonyl (C=O) groups excluding carboxylic acids is 1. The quantitative estimate of drug-likeness (QED) is 0.755. The number of hydrogen-bond donors (Lipinski definition) is 0. The maximum Gasteiger partial charge on any atom is 0.163 e. The maximum absolute atomic E-state index is 11.9. The van der Waals surface area contributed by atoms with Gasteiger partial charge in [0.25, 0.3) is 0 Å². The van der Waals surface area contributed by atoms with Gasteiger partial charge in [-0.3, -0.25) is 4.79 Å². The van der Waals surface area contributed by atoms with Crippen LogP contribution < -0.4 is 9.47 Å². The third kappa shape index (κ3) is 2.80. The molecule has 1 aromatic carbocycles. The number of methoxy groups -OCH3 is 1. The summed E-state index contributed by atoms with van der Waals surface area (Å²) in [5.41, 5.74) is 2.05. The van der Waals surface area contributed by atoms with Crippen molar-refractivity contribution in [3.05, 3.63) is 28.3 Å². The number of fused-ring (bicyclic) bond motifs is 1. The molecule has 0 unspecified atom stereocenters. The fourth-order valence-electron chi connectivity index (χ4n) is 2.61. The molecule has 0 fully saturated rings. The normalized spacial score (nSPS) is 16.1. The molecule has 3 nitrogen and oxygen atoms in total. The molecule has 114 valence electrons. The third-order valence-electron chi connectivity index (χ3n) is 3.56. The molecular weight excluding hydrogens is 288 g/mol. The monoisotopic (exact) mass is 308 g/mol. The van der Waals surface area contributed by atoms with Crippen LogP contribution in [0.1, 0.15) is 50.5 Å². The molecule has 0 aliphatic carbocycles. The number of rotatable bonds is 3. The summed E-state index contributed by atoms with van der Waals surface area (Å²) in [5.74, 6) is 1.19. The van der Waals surface area contributed by atoms with Gasteiger partial charge in [0.1, 0.15) is 10.6 Å². The van der Waals surface area contributed by atoms with Crippen LogP contribution in [0.15, 0.2) is 12.1 Å². The number of hydrogen-bond acceptors (Lipinski definition) is 3. The van der Waals surface area contributed by atoms with E-state index in [1.807, 2.05) is 19.9 Å². The lowest BCUT2D eigenvalue weighted by molar-refractivity contribution is 0.101. The molecule has 0 atom stereocenters. The van der Waals surface area contributed by atoms with E-state index in [-0.39, 0.29) is 5.78 Å². The summed E-state index contributed by atoms with van der Waals surface area (Å²) < 4.78 is 11.3. The van der Waals surface area contributed by atoms with Gasteiger partial charge in [0.05, 0.1) is 12.7 Å². The summed E-state index contributed by atoms with van der Waals surface area (Å²) in [4.78, 5) is 11.9. The fraction of sp³-hybridized carbons (Fsp3) is 0.471. The molecule has 1 heterocycles. The average Bonchev–Trinajstić information content (AvgIpc) is 2.37. The van der Waals surface area contributed by atoms with Crippen molar-refractivity contribution in [3.63, 3.8) is 0 Å². The van der Waals surface area contributed by atoms with E-state index in [0.717, 1.165) is 11.1 Å². The van der Waals surface area contributed by atoms with Crippen LogP contribution in [0.4, 0.5) is 0 Å². The van der Waals surface area contributed by atoms with Crippen LogP contribution in [-0.2, 0) is 0 Å². The van der Waals surface area contributed by atoms with Gasteiger partial charge in [0.2, 0.25) is 0 Å². The summed E-state index contributed by atoms with van der Waals surface area (Å²) in [6, 6.07) is 1.82. The number of halogens is 1. The number of benzene rings is 1. The molecule has 1 aromatic rings. The molecule has 2 rings (SSSR count). The highest BCUT2D eigenvalue weighted by Crippen LogP contribution is 2.48. The molecule has 4 heteroatoms. The molecule has 0 saturated heterocycles. The van der Waals surface area contributed by atoms with Gasteiger partial charge in [0, 0.05) is 5.56 Å². The van der Waals surface area contributed by atoms with Gasteiger partial charge >= 0.3 is 0 Å². The Labute approximate surface area is 130 Å². The molecule has 0 amide bonds. The zero-order chi connectivity index (χ0) is 15.9. The van der Waals surface area contributed by atoms with Crippen LogP contribution in [0.2, 0.25) is 5.02 Å². The fourth-order valence-corrected chi connectivity index (χ4v) is 2.93. The zero-order valence-electron chi connectivity index (χ0n) is 13.3. The Morgan fingerprint density at radius 1 is 1.38 bits per heavy atom. The lowest BCUT2D eigenvalue weighted by atomic mass is 9.86. The Balaban J connectivity index is 2.79. The van der Waals surface area contributed by atoms with Gasteiger partial charge in [-0.15, -0.1) is 0 Å². The number of ether oxygens (including phenoxy) is 2. The Morgan fingerprint density at radius 2 is 2.00 bits per heavy atom. The number of carbonyl (C=O) groups is 1. The van der Waals surface area contributed by atoms with E-state index < -0.39 is 5.60 Å². The van der Waals surface area contributed by atoms with Crippen LogP contribution in [-0.4, -0.2) is 18.5 Å². The SMILES string of the molecule is COc1c(C(C)=O)cc2c(c1Cl)OC(C)(C)C=C2C(C)C. The molecule has 21 heavy (non-hydrogen) atoms. The van der Waals surface area contributed by atoms with Gasteiger partial charge in [-0.05, 0) is 44.4 Å². The largest absolute Gasteiger partial charge is 0.494 e. The van der Waals surface area contributed by atoms with E-state index >= 15 is 0 Å². The maximum atomic E-state index is 11.9. The smallest absolute Gasteiger partial charge is 0.163 e. The molecule has 0 spiro atoms. The van der Waals surface area contributed by atoms with E-state index in [1.165, 1.54) is 14.0 Å². The van der Waals surface area contributed by atoms with Crippen LogP contribution in [0.5, 0.6) is 11.5 Å². The highest BCUT2D eigenvalue weighted by molar-refractivity contribution is 6.34. The third-order valence-corrected chi connectivity index (χ3v) is 3.90. The molecule has 0 aromatic heterocycles. The van der Waals surface area contributed by atoms with Crippen LogP contribution in [0.3, 0.4) is 0 Å². The summed E-state index contributed by atoms with van der Waals surface area (Å²) in [6.07, 6.45) is 2.09.